The standard InChI is InChI=1S/C27H39N5O9/c1-16(2)31(26(37)40-20-12-10-19(11-13-20)32(38)39)15-22(33)21-9-8-14-30(21)24(35)18(4)28-23(34)17(3)29-25(36)41-27(5,6)7/h10-13,16-18,21H,8-9,14-15H2,1-7H3,(H,28,34)(H,29,36)/t17-,18-,21-/m0/s1. The second-order valence-corrected chi connectivity index (χ2v) is 11.1. The number of likely N-dealkylation sites (tertiary alicyclic amines) is 1. The van der Waals surface area contributed by atoms with Crippen molar-refractivity contribution in [3.05, 3.63) is 34.4 Å². The number of Topliss-reactive ketones (excluding diaryl/α,β-unsaturated/α-hetero) is 1. The van der Waals surface area contributed by atoms with Gasteiger partial charge in [-0.15, -0.1) is 0 Å². The topological polar surface area (TPSA) is 177 Å². The van der Waals surface area contributed by atoms with E-state index in [1.807, 2.05) is 0 Å². The van der Waals surface area contributed by atoms with Crippen LogP contribution < -0.4 is 15.4 Å². The Morgan fingerprint density at radius 3 is 2.20 bits per heavy atom. The van der Waals surface area contributed by atoms with Crippen LogP contribution in [0, 0.1) is 10.1 Å². The second kappa shape index (κ2) is 13.9. The average molecular weight is 578 g/mol. The van der Waals surface area contributed by atoms with Gasteiger partial charge in [0.2, 0.25) is 11.8 Å². The number of nitro groups is 1. The average Bonchev–Trinajstić information content (AvgIpc) is 3.35. The summed E-state index contributed by atoms with van der Waals surface area (Å²) in [6.45, 7) is 11.4. The molecule has 3 atom stereocenters. The molecule has 1 fully saturated rings. The number of benzene rings is 1. The highest BCUT2D eigenvalue weighted by Crippen LogP contribution is 2.22. The molecule has 1 aromatic rings. The Balaban J connectivity index is 2.00. The van der Waals surface area contributed by atoms with Crippen molar-refractivity contribution < 1.29 is 38.4 Å². The van der Waals surface area contributed by atoms with Gasteiger partial charge in [-0.05, 0) is 73.4 Å². The van der Waals surface area contributed by atoms with Crippen molar-refractivity contribution in [3.63, 3.8) is 0 Å². The van der Waals surface area contributed by atoms with Gasteiger partial charge < -0.3 is 25.0 Å². The summed E-state index contributed by atoms with van der Waals surface area (Å²) in [5.74, 6) is -1.36. The molecule has 1 heterocycles. The van der Waals surface area contributed by atoms with E-state index in [9.17, 15) is 34.1 Å². The molecule has 41 heavy (non-hydrogen) atoms. The van der Waals surface area contributed by atoms with Gasteiger partial charge in [-0.2, -0.15) is 0 Å². The van der Waals surface area contributed by atoms with Gasteiger partial charge in [-0.1, -0.05) is 0 Å². The maximum Gasteiger partial charge on any atom is 0.415 e. The van der Waals surface area contributed by atoms with Crippen LogP contribution in [0.3, 0.4) is 0 Å². The predicted molar refractivity (Wildman–Crippen MR) is 147 cm³/mol. The fourth-order valence-electron chi connectivity index (χ4n) is 4.09. The number of nitrogens with zero attached hydrogens (tertiary/aromatic N) is 3. The minimum absolute atomic E-state index is 0.0799. The van der Waals surface area contributed by atoms with E-state index in [-0.39, 0.29) is 23.8 Å². The Bertz CT molecular complexity index is 1150. The number of ether oxygens (including phenoxy) is 2. The zero-order valence-electron chi connectivity index (χ0n) is 24.5. The summed E-state index contributed by atoms with van der Waals surface area (Å²) in [7, 11) is 0. The Hall–Kier alpha value is -4.23. The third kappa shape index (κ3) is 9.72. The number of rotatable bonds is 10. The van der Waals surface area contributed by atoms with Crippen LogP contribution in [0.2, 0.25) is 0 Å². The molecule has 2 N–H and O–H groups in total. The summed E-state index contributed by atoms with van der Waals surface area (Å²) in [4.78, 5) is 76.7. The summed E-state index contributed by atoms with van der Waals surface area (Å²) < 4.78 is 10.5. The zero-order valence-corrected chi connectivity index (χ0v) is 24.5. The summed E-state index contributed by atoms with van der Waals surface area (Å²) in [5.41, 5.74) is -0.904. The number of ketones is 1. The molecule has 1 aliphatic heterocycles. The number of nitrogens with one attached hydrogen (secondary N) is 2. The van der Waals surface area contributed by atoms with Crippen molar-refractivity contribution in [1.82, 2.24) is 20.4 Å². The highest BCUT2D eigenvalue weighted by molar-refractivity contribution is 5.95. The number of carbonyl (C=O) groups excluding carboxylic acids is 5. The van der Waals surface area contributed by atoms with E-state index in [4.69, 9.17) is 9.47 Å². The third-order valence-corrected chi connectivity index (χ3v) is 6.20. The first-order chi connectivity index (χ1) is 19.0. The van der Waals surface area contributed by atoms with Gasteiger partial charge in [-0.25, -0.2) is 9.59 Å². The van der Waals surface area contributed by atoms with Gasteiger partial charge in [0.1, 0.15) is 23.4 Å². The van der Waals surface area contributed by atoms with Gasteiger partial charge >= 0.3 is 12.2 Å². The van der Waals surface area contributed by atoms with Crippen molar-refractivity contribution in [1.29, 1.82) is 0 Å². The van der Waals surface area contributed by atoms with E-state index in [1.165, 1.54) is 47.9 Å². The Morgan fingerprint density at radius 2 is 1.66 bits per heavy atom. The van der Waals surface area contributed by atoms with Crippen molar-refractivity contribution >= 4 is 35.5 Å². The van der Waals surface area contributed by atoms with Crippen molar-refractivity contribution in [2.45, 2.75) is 91.1 Å². The lowest BCUT2D eigenvalue weighted by molar-refractivity contribution is -0.384. The number of hydrogen-bond acceptors (Lipinski definition) is 9. The highest BCUT2D eigenvalue weighted by Gasteiger charge is 2.38. The van der Waals surface area contributed by atoms with E-state index < -0.39 is 58.7 Å². The van der Waals surface area contributed by atoms with Crippen LogP contribution in [0.5, 0.6) is 5.75 Å². The number of alkyl carbamates (subject to hydrolysis) is 1. The van der Waals surface area contributed by atoms with Gasteiger partial charge in [0.15, 0.2) is 5.78 Å². The first-order valence-corrected chi connectivity index (χ1v) is 13.4. The number of carbonyl (C=O) groups is 5. The molecule has 14 heteroatoms. The Labute approximate surface area is 238 Å². The molecule has 0 aromatic heterocycles. The molecular weight excluding hydrogens is 538 g/mol. The molecule has 226 valence electrons. The van der Waals surface area contributed by atoms with Gasteiger partial charge in [0, 0.05) is 24.7 Å². The van der Waals surface area contributed by atoms with Gasteiger partial charge in [-0.3, -0.25) is 29.4 Å². The number of hydrogen-bond donors (Lipinski definition) is 2. The molecule has 1 aromatic carbocycles. The fraction of sp³-hybridized carbons (Fsp3) is 0.593. The van der Waals surface area contributed by atoms with E-state index in [0.717, 1.165) is 0 Å². The monoisotopic (exact) mass is 577 g/mol. The number of nitro benzene ring substituents is 1. The summed E-state index contributed by atoms with van der Waals surface area (Å²) in [6.07, 6.45) is -0.629. The fourth-order valence-corrected chi connectivity index (χ4v) is 4.09. The molecule has 4 amide bonds. The molecule has 0 bridgehead atoms. The van der Waals surface area contributed by atoms with Crippen LogP contribution in [-0.2, 0) is 19.1 Å². The van der Waals surface area contributed by atoms with Crippen LogP contribution in [0.25, 0.3) is 0 Å². The first-order valence-electron chi connectivity index (χ1n) is 13.4. The Kier molecular flexibility index (Phi) is 11.2. The number of amides is 4. The molecule has 0 radical (unpaired) electrons. The van der Waals surface area contributed by atoms with Crippen LogP contribution in [-0.4, -0.2) is 87.4 Å². The maximum atomic E-state index is 13.3. The lowest BCUT2D eigenvalue weighted by Gasteiger charge is -2.30. The van der Waals surface area contributed by atoms with E-state index >= 15 is 0 Å². The van der Waals surface area contributed by atoms with Crippen LogP contribution in [0.15, 0.2) is 24.3 Å². The van der Waals surface area contributed by atoms with Crippen molar-refractivity contribution in [2.24, 2.45) is 0 Å². The Morgan fingerprint density at radius 1 is 1.05 bits per heavy atom. The molecule has 0 saturated carbocycles. The minimum Gasteiger partial charge on any atom is -0.444 e. The van der Waals surface area contributed by atoms with E-state index in [2.05, 4.69) is 10.6 Å². The second-order valence-electron chi connectivity index (χ2n) is 11.1. The van der Waals surface area contributed by atoms with E-state index in [0.29, 0.717) is 19.4 Å². The molecule has 0 spiro atoms. The van der Waals surface area contributed by atoms with Crippen LogP contribution >= 0.6 is 0 Å². The molecule has 14 nitrogen and oxygen atoms in total. The van der Waals surface area contributed by atoms with E-state index in [1.54, 1.807) is 34.6 Å². The van der Waals surface area contributed by atoms with Crippen molar-refractivity contribution in [3.8, 4) is 5.75 Å². The molecule has 0 aliphatic carbocycles. The largest absolute Gasteiger partial charge is 0.444 e. The maximum absolute atomic E-state index is 13.3. The molecule has 1 aliphatic rings. The minimum atomic E-state index is -0.980. The smallest absolute Gasteiger partial charge is 0.415 e. The highest BCUT2D eigenvalue weighted by atomic mass is 16.6. The van der Waals surface area contributed by atoms with Crippen LogP contribution in [0.1, 0.15) is 61.3 Å². The molecule has 2 rings (SSSR count). The van der Waals surface area contributed by atoms with Crippen LogP contribution in [0.4, 0.5) is 15.3 Å². The summed E-state index contributed by atoms with van der Waals surface area (Å²) in [6, 6.07) is 1.79. The predicted octanol–water partition coefficient (Wildman–Crippen LogP) is 2.78. The quantitative estimate of drug-likeness (QED) is 0.312. The zero-order chi connectivity index (χ0) is 31.1. The molecule has 1 saturated heterocycles. The van der Waals surface area contributed by atoms with Gasteiger partial charge in [0.25, 0.3) is 5.69 Å². The lowest BCUT2D eigenvalue weighted by Crippen LogP contribution is -2.55. The SMILES string of the molecule is CC(C)N(CC(=O)[C@@H]1CCCN1C(=O)[C@H](C)NC(=O)[C@H](C)NC(=O)OC(C)(C)C)C(=O)Oc1ccc([N+](=O)[O-])cc1. The summed E-state index contributed by atoms with van der Waals surface area (Å²) >= 11 is 0. The van der Waals surface area contributed by atoms with Crippen molar-refractivity contribution in [2.75, 3.05) is 13.1 Å². The van der Waals surface area contributed by atoms with Gasteiger partial charge in [0.05, 0.1) is 17.5 Å². The number of non-ortho nitro benzene ring substituents is 1. The normalized spacial score (nSPS) is 16.4. The lowest BCUT2D eigenvalue weighted by atomic mass is 10.1. The summed E-state index contributed by atoms with van der Waals surface area (Å²) in [5, 5.41) is 15.8. The molecule has 0 unspecified atom stereocenters. The third-order valence-electron chi connectivity index (χ3n) is 6.20. The first kappa shape index (κ1) is 33.0. The molecular formula is C27H39N5O9.